The van der Waals surface area contributed by atoms with Gasteiger partial charge in [-0.1, -0.05) is 19.3 Å². The third-order valence-electron chi connectivity index (χ3n) is 7.35. The number of piperidine rings is 2. The standard InChI is InChI=1S/C22H38N4O4/c23-21(29)16-6-10-25(11-7-16)12-8-18-15-26(13-9-17(18)14-20(27)28)22(30)24-19-4-2-1-3-5-19/h16-19H,1-15H2,(H2,23,29)(H,24,30)(H,27,28). The van der Waals surface area contributed by atoms with Crippen LogP contribution in [0.25, 0.3) is 0 Å². The third kappa shape index (κ3) is 6.59. The summed E-state index contributed by atoms with van der Waals surface area (Å²) in [5.74, 6) is -0.671. The fraction of sp³-hybridized carbons (Fsp3) is 0.864. The van der Waals surface area contributed by atoms with Gasteiger partial charge in [0, 0.05) is 31.5 Å². The van der Waals surface area contributed by atoms with Crippen LogP contribution < -0.4 is 11.1 Å². The Kier molecular flexibility index (Phi) is 8.36. The van der Waals surface area contributed by atoms with Crippen LogP contribution in [0.4, 0.5) is 4.79 Å². The number of aliphatic carboxylic acids is 1. The van der Waals surface area contributed by atoms with Gasteiger partial charge in [-0.2, -0.15) is 0 Å². The first-order valence-corrected chi connectivity index (χ1v) is 11.7. The molecular weight excluding hydrogens is 384 g/mol. The van der Waals surface area contributed by atoms with Crippen molar-refractivity contribution in [2.75, 3.05) is 32.7 Å². The molecule has 0 aromatic rings. The van der Waals surface area contributed by atoms with Crippen molar-refractivity contribution in [3.05, 3.63) is 0 Å². The van der Waals surface area contributed by atoms with Crippen molar-refractivity contribution >= 4 is 17.9 Å². The minimum Gasteiger partial charge on any atom is -0.481 e. The van der Waals surface area contributed by atoms with E-state index in [1.165, 1.54) is 19.3 Å². The molecule has 2 heterocycles. The van der Waals surface area contributed by atoms with Gasteiger partial charge in [-0.25, -0.2) is 4.79 Å². The van der Waals surface area contributed by atoms with E-state index in [9.17, 15) is 19.5 Å². The van der Waals surface area contributed by atoms with E-state index in [1.807, 2.05) is 4.90 Å². The second-order valence-corrected chi connectivity index (χ2v) is 9.44. The van der Waals surface area contributed by atoms with E-state index in [0.717, 1.165) is 58.2 Å². The summed E-state index contributed by atoms with van der Waals surface area (Å²) in [6.07, 6.45) is 9.14. The first-order valence-electron chi connectivity index (χ1n) is 11.7. The van der Waals surface area contributed by atoms with Crippen molar-refractivity contribution in [2.24, 2.45) is 23.5 Å². The Bertz CT molecular complexity index is 600. The molecule has 0 bridgehead atoms. The third-order valence-corrected chi connectivity index (χ3v) is 7.35. The van der Waals surface area contributed by atoms with Crippen LogP contribution in [0.2, 0.25) is 0 Å². The Morgan fingerprint density at radius 1 is 0.933 bits per heavy atom. The van der Waals surface area contributed by atoms with Gasteiger partial charge in [-0.05, 0) is 70.0 Å². The number of hydrogen-bond donors (Lipinski definition) is 3. The van der Waals surface area contributed by atoms with Crippen LogP contribution in [-0.2, 0) is 9.59 Å². The summed E-state index contributed by atoms with van der Waals surface area (Å²) < 4.78 is 0. The van der Waals surface area contributed by atoms with Crippen LogP contribution in [0, 0.1) is 17.8 Å². The highest BCUT2D eigenvalue weighted by Crippen LogP contribution is 2.30. The van der Waals surface area contributed by atoms with E-state index in [0.29, 0.717) is 13.1 Å². The molecule has 2 saturated heterocycles. The van der Waals surface area contributed by atoms with Crippen LogP contribution >= 0.6 is 0 Å². The van der Waals surface area contributed by atoms with E-state index in [1.54, 1.807) is 0 Å². The number of nitrogens with one attached hydrogen (secondary N) is 1. The molecule has 2 atom stereocenters. The lowest BCUT2D eigenvalue weighted by Crippen LogP contribution is -2.51. The quantitative estimate of drug-likeness (QED) is 0.580. The SMILES string of the molecule is NC(=O)C1CCN(CCC2CN(C(=O)NC3CCCCC3)CCC2CC(=O)O)CC1. The van der Waals surface area contributed by atoms with Crippen LogP contribution in [0.1, 0.15) is 64.2 Å². The number of hydrogen-bond acceptors (Lipinski definition) is 4. The van der Waals surface area contributed by atoms with Gasteiger partial charge in [-0.15, -0.1) is 0 Å². The van der Waals surface area contributed by atoms with Gasteiger partial charge in [0.25, 0.3) is 0 Å². The van der Waals surface area contributed by atoms with Crippen LogP contribution in [0.5, 0.6) is 0 Å². The van der Waals surface area contributed by atoms with Gasteiger partial charge in [0.1, 0.15) is 0 Å². The monoisotopic (exact) mass is 422 g/mol. The predicted molar refractivity (Wildman–Crippen MR) is 114 cm³/mol. The maximum absolute atomic E-state index is 12.8. The molecule has 0 radical (unpaired) electrons. The first kappa shape index (κ1) is 22.8. The smallest absolute Gasteiger partial charge is 0.317 e. The summed E-state index contributed by atoms with van der Waals surface area (Å²) in [5, 5.41) is 12.5. The number of nitrogens with two attached hydrogens (primary N) is 1. The molecule has 0 spiro atoms. The fourth-order valence-corrected chi connectivity index (χ4v) is 5.39. The average molecular weight is 423 g/mol. The molecule has 30 heavy (non-hydrogen) atoms. The number of carbonyl (C=O) groups excluding carboxylic acids is 2. The Hall–Kier alpha value is -1.83. The Balaban J connectivity index is 1.51. The molecule has 3 fully saturated rings. The van der Waals surface area contributed by atoms with Crippen molar-refractivity contribution in [3.63, 3.8) is 0 Å². The van der Waals surface area contributed by atoms with Gasteiger partial charge >= 0.3 is 12.0 Å². The summed E-state index contributed by atoms with van der Waals surface area (Å²) >= 11 is 0. The van der Waals surface area contributed by atoms with E-state index >= 15 is 0 Å². The van der Waals surface area contributed by atoms with Crippen molar-refractivity contribution in [1.29, 1.82) is 0 Å². The van der Waals surface area contributed by atoms with Crippen LogP contribution in [0.3, 0.4) is 0 Å². The van der Waals surface area contributed by atoms with E-state index in [4.69, 9.17) is 5.73 Å². The number of carbonyl (C=O) groups is 3. The van der Waals surface area contributed by atoms with Gasteiger partial charge in [0.2, 0.25) is 5.91 Å². The van der Waals surface area contributed by atoms with E-state index in [-0.39, 0.29) is 42.2 Å². The van der Waals surface area contributed by atoms with Gasteiger partial charge in [0.05, 0.1) is 0 Å². The molecule has 2 aliphatic heterocycles. The summed E-state index contributed by atoms with van der Waals surface area (Å²) in [4.78, 5) is 39.7. The molecule has 8 heteroatoms. The fourth-order valence-electron chi connectivity index (χ4n) is 5.39. The summed E-state index contributed by atoms with van der Waals surface area (Å²) in [6.45, 7) is 3.86. The van der Waals surface area contributed by atoms with E-state index in [2.05, 4.69) is 10.2 Å². The lowest BCUT2D eigenvalue weighted by atomic mass is 9.81. The van der Waals surface area contributed by atoms with Gasteiger partial charge in [-0.3, -0.25) is 9.59 Å². The summed E-state index contributed by atoms with van der Waals surface area (Å²) in [6, 6.07) is 0.302. The molecule has 2 unspecified atom stereocenters. The maximum Gasteiger partial charge on any atom is 0.317 e. The molecule has 8 nitrogen and oxygen atoms in total. The zero-order valence-corrected chi connectivity index (χ0v) is 18.1. The van der Waals surface area contributed by atoms with Gasteiger partial charge < -0.3 is 26.0 Å². The number of likely N-dealkylation sites (tertiary alicyclic amines) is 2. The number of nitrogens with zero attached hydrogens (tertiary/aromatic N) is 2. The van der Waals surface area contributed by atoms with Crippen molar-refractivity contribution < 1.29 is 19.5 Å². The summed E-state index contributed by atoms with van der Waals surface area (Å²) in [7, 11) is 0. The lowest BCUT2D eigenvalue weighted by Gasteiger charge is -2.40. The molecule has 3 aliphatic rings. The average Bonchev–Trinajstić information content (AvgIpc) is 2.73. The van der Waals surface area contributed by atoms with E-state index < -0.39 is 5.97 Å². The van der Waals surface area contributed by atoms with Crippen molar-refractivity contribution in [2.45, 2.75) is 70.3 Å². The predicted octanol–water partition coefficient (Wildman–Crippen LogP) is 2.03. The largest absolute Gasteiger partial charge is 0.481 e. The number of amides is 3. The molecule has 0 aromatic heterocycles. The van der Waals surface area contributed by atoms with Crippen molar-refractivity contribution in [1.82, 2.24) is 15.1 Å². The van der Waals surface area contributed by atoms with Crippen molar-refractivity contribution in [3.8, 4) is 0 Å². The highest BCUT2D eigenvalue weighted by molar-refractivity contribution is 5.76. The Morgan fingerprint density at radius 2 is 1.63 bits per heavy atom. The molecule has 3 rings (SSSR count). The molecular formula is C22H38N4O4. The maximum atomic E-state index is 12.8. The lowest BCUT2D eigenvalue weighted by molar-refractivity contribution is -0.139. The normalized spacial score (nSPS) is 27.0. The first-order chi connectivity index (χ1) is 14.4. The van der Waals surface area contributed by atoms with Gasteiger partial charge in [0.15, 0.2) is 0 Å². The topological polar surface area (TPSA) is 116 Å². The number of carboxylic acids is 1. The molecule has 0 aromatic carbocycles. The second kappa shape index (κ2) is 11.0. The molecule has 4 N–H and O–H groups in total. The Labute approximate surface area is 179 Å². The molecule has 1 saturated carbocycles. The second-order valence-electron chi connectivity index (χ2n) is 9.44. The molecule has 1 aliphatic carbocycles. The van der Waals surface area contributed by atoms with Crippen LogP contribution in [-0.4, -0.2) is 71.6 Å². The number of carboxylic acid groups (broad SMARTS) is 1. The highest BCUT2D eigenvalue weighted by Gasteiger charge is 2.34. The minimum atomic E-state index is -0.757. The van der Waals surface area contributed by atoms with Crippen LogP contribution in [0.15, 0.2) is 0 Å². The zero-order chi connectivity index (χ0) is 21.5. The molecule has 170 valence electrons. The highest BCUT2D eigenvalue weighted by atomic mass is 16.4. The minimum absolute atomic E-state index is 0.0166. The molecule has 3 amide bonds. The number of urea groups is 1. The zero-order valence-electron chi connectivity index (χ0n) is 18.1. The Morgan fingerprint density at radius 3 is 2.27 bits per heavy atom. The number of rotatable bonds is 7. The number of primary amides is 1. The summed E-state index contributed by atoms with van der Waals surface area (Å²) in [5.41, 5.74) is 5.42.